The summed E-state index contributed by atoms with van der Waals surface area (Å²) < 4.78 is 7.90. The maximum Gasteiger partial charge on any atom is 0.140 e. The van der Waals surface area contributed by atoms with Gasteiger partial charge in [-0.15, -0.1) is 11.3 Å². The third-order valence-corrected chi connectivity index (χ3v) is 4.10. The quantitative estimate of drug-likeness (QED) is 0.729. The van der Waals surface area contributed by atoms with Crippen LogP contribution in [0.1, 0.15) is 5.01 Å². The first kappa shape index (κ1) is 12.4. The minimum Gasteiger partial charge on any atom is -0.486 e. The maximum atomic E-state index is 5.71. The molecular weight excluding hydrogens is 324 g/mol. The number of benzene rings is 2. The Morgan fingerprint density at radius 2 is 2.11 bits per heavy atom. The van der Waals surface area contributed by atoms with Crippen LogP contribution < -0.4 is 10.5 Å². The number of anilines is 1. The third-order valence-electron chi connectivity index (χ3n) is 2.62. The van der Waals surface area contributed by atoms with E-state index in [-0.39, 0.29) is 0 Å². The first-order chi connectivity index (χ1) is 9.20. The predicted molar refractivity (Wildman–Crippen MR) is 82.5 cm³/mol. The summed E-state index contributed by atoms with van der Waals surface area (Å²) in [4.78, 5) is 4.53. The highest BCUT2D eigenvalue weighted by molar-refractivity contribution is 9.10. The standard InChI is InChI=1S/C14H11BrN2OS/c15-9-4-5-12-13(6-9)19-14(17-12)8-18-11-3-1-2-10(16)7-11/h1-7H,8,16H2. The zero-order valence-corrected chi connectivity index (χ0v) is 12.4. The number of hydrogen-bond acceptors (Lipinski definition) is 4. The van der Waals surface area contributed by atoms with E-state index in [1.165, 1.54) is 0 Å². The van der Waals surface area contributed by atoms with Gasteiger partial charge in [-0.05, 0) is 30.3 Å². The Kier molecular flexibility index (Phi) is 3.40. The number of thiazole rings is 1. The van der Waals surface area contributed by atoms with Crippen LogP contribution >= 0.6 is 27.3 Å². The van der Waals surface area contributed by atoms with Crippen molar-refractivity contribution >= 4 is 43.2 Å². The lowest BCUT2D eigenvalue weighted by atomic mass is 10.3. The van der Waals surface area contributed by atoms with Crippen LogP contribution in [-0.4, -0.2) is 4.98 Å². The molecule has 0 fully saturated rings. The van der Waals surface area contributed by atoms with E-state index in [9.17, 15) is 0 Å². The SMILES string of the molecule is Nc1cccc(OCc2nc3ccc(Br)cc3s2)c1. The minimum absolute atomic E-state index is 0.459. The van der Waals surface area contributed by atoms with E-state index in [0.29, 0.717) is 12.3 Å². The molecule has 5 heteroatoms. The van der Waals surface area contributed by atoms with Crippen LogP contribution in [0.5, 0.6) is 5.75 Å². The Labute approximate surface area is 123 Å². The molecule has 0 spiro atoms. The molecule has 0 amide bonds. The second kappa shape index (κ2) is 5.19. The molecule has 3 rings (SSSR count). The molecule has 1 heterocycles. The topological polar surface area (TPSA) is 48.1 Å². The largest absolute Gasteiger partial charge is 0.486 e. The van der Waals surface area contributed by atoms with Crippen molar-refractivity contribution in [1.82, 2.24) is 4.98 Å². The first-order valence-electron chi connectivity index (χ1n) is 5.74. The van der Waals surface area contributed by atoms with Crippen molar-refractivity contribution in [2.45, 2.75) is 6.61 Å². The number of nitrogen functional groups attached to an aromatic ring is 1. The van der Waals surface area contributed by atoms with Crippen molar-refractivity contribution in [2.75, 3.05) is 5.73 Å². The number of aromatic nitrogens is 1. The van der Waals surface area contributed by atoms with Crippen molar-refractivity contribution in [2.24, 2.45) is 0 Å². The molecule has 0 saturated heterocycles. The summed E-state index contributed by atoms with van der Waals surface area (Å²) in [6.07, 6.45) is 0. The van der Waals surface area contributed by atoms with Gasteiger partial charge >= 0.3 is 0 Å². The molecule has 2 aromatic carbocycles. The lowest BCUT2D eigenvalue weighted by Gasteiger charge is -2.03. The normalized spacial score (nSPS) is 10.8. The second-order valence-corrected chi connectivity index (χ2v) is 6.11. The fraction of sp³-hybridized carbons (Fsp3) is 0.0714. The van der Waals surface area contributed by atoms with Crippen molar-refractivity contribution in [1.29, 1.82) is 0 Å². The maximum absolute atomic E-state index is 5.71. The molecule has 0 saturated carbocycles. The first-order valence-corrected chi connectivity index (χ1v) is 7.35. The van der Waals surface area contributed by atoms with E-state index in [1.807, 2.05) is 36.4 Å². The van der Waals surface area contributed by atoms with Gasteiger partial charge in [0.2, 0.25) is 0 Å². The minimum atomic E-state index is 0.459. The molecule has 0 atom stereocenters. The highest BCUT2D eigenvalue weighted by atomic mass is 79.9. The van der Waals surface area contributed by atoms with Gasteiger partial charge < -0.3 is 10.5 Å². The predicted octanol–water partition coefficient (Wildman–Crippen LogP) is 4.22. The Balaban J connectivity index is 1.78. The fourth-order valence-electron chi connectivity index (χ4n) is 1.76. The molecule has 96 valence electrons. The summed E-state index contributed by atoms with van der Waals surface area (Å²) in [5.41, 5.74) is 7.41. The molecule has 3 aromatic rings. The van der Waals surface area contributed by atoms with E-state index < -0.39 is 0 Å². The van der Waals surface area contributed by atoms with Crippen LogP contribution in [0.2, 0.25) is 0 Å². The zero-order chi connectivity index (χ0) is 13.2. The number of rotatable bonds is 3. The monoisotopic (exact) mass is 334 g/mol. The van der Waals surface area contributed by atoms with Gasteiger partial charge in [0.25, 0.3) is 0 Å². The van der Waals surface area contributed by atoms with Crippen LogP contribution in [0.4, 0.5) is 5.69 Å². The Morgan fingerprint density at radius 3 is 2.95 bits per heavy atom. The number of nitrogens with two attached hydrogens (primary N) is 1. The van der Waals surface area contributed by atoms with Crippen LogP contribution in [0.15, 0.2) is 46.9 Å². The van der Waals surface area contributed by atoms with Gasteiger partial charge in [-0.1, -0.05) is 22.0 Å². The summed E-state index contributed by atoms with van der Waals surface area (Å²) in [7, 11) is 0. The van der Waals surface area contributed by atoms with Gasteiger partial charge in [0, 0.05) is 16.2 Å². The third kappa shape index (κ3) is 2.88. The Morgan fingerprint density at radius 1 is 1.21 bits per heavy atom. The summed E-state index contributed by atoms with van der Waals surface area (Å²) in [5, 5.41) is 0.954. The number of fused-ring (bicyclic) bond motifs is 1. The van der Waals surface area contributed by atoms with Crippen molar-refractivity contribution in [3.05, 3.63) is 51.9 Å². The molecule has 0 bridgehead atoms. The molecule has 0 radical (unpaired) electrons. The highest BCUT2D eigenvalue weighted by Gasteiger charge is 2.05. The highest BCUT2D eigenvalue weighted by Crippen LogP contribution is 2.26. The number of ether oxygens (including phenoxy) is 1. The van der Waals surface area contributed by atoms with Gasteiger partial charge in [0.15, 0.2) is 0 Å². The summed E-state index contributed by atoms with van der Waals surface area (Å²) in [6, 6.07) is 13.5. The van der Waals surface area contributed by atoms with Crippen LogP contribution in [0, 0.1) is 0 Å². The summed E-state index contributed by atoms with van der Waals surface area (Å²) in [6.45, 7) is 0.459. The van der Waals surface area contributed by atoms with Crippen molar-refractivity contribution in [3.8, 4) is 5.75 Å². The van der Waals surface area contributed by atoms with Crippen molar-refractivity contribution in [3.63, 3.8) is 0 Å². The fourth-order valence-corrected chi connectivity index (χ4v) is 3.19. The number of hydrogen-bond donors (Lipinski definition) is 1. The average Bonchev–Trinajstić information content (AvgIpc) is 2.78. The second-order valence-electron chi connectivity index (χ2n) is 4.08. The smallest absolute Gasteiger partial charge is 0.140 e. The van der Waals surface area contributed by atoms with E-state index in [2.05, 4.69) is 27.0 Å². The average molecular weight is 335 g/mol. The van der Waals surface area contributed by atoms with Crippen LogP contribution in [0.3, 0.4) is 0 Å². The Bertz CT molecular complexity index is 726. The molecule has 0 unspecified atom stereocenters. The van der Waals surface area contributed by atoms with Crippen LogP contribution in [-0.2, 0) is 6.61 Å². The molecular formula is C14H11BrN2OS. The molecule has 0 aliphatic rings. The van der Waals surface area contributed by atoms with Gasteiger partial charge in [0.05, 0.1) is 10.2 Å². The van der Waals surface area contributed by atoms with E-state index >= 15 is 0 Å². The van der Waals surface area contributed by atoms with Crippen LogP contribution in [0.25, 0.3) is 10.2 Å². The summed E-state index contributed by atoms with van der Waals surface area (Å²) in [5.74, 6) is 0.764. The summed E-state index contributed by atoms with van der Waals surface area (Å²) >= 11 is 5.10. The number of nitrogens with zero attached hydrogens (tertiary/aromatic N) is 1. The molecule has 0 aliphatic carbocycles. The lowest BCUT2D eigenvalue weighted by Crippen LogP contribution is -1.95. The molecule has 1 aromatic heterocycles. The Hall–Kier alpha value is -1.59. The van der Waals surface area contributed by atoms with E-state index in [4.69, 9.17) is 10.5 Å². The van der Waals surface area contributed by atoms with E-state index in [1.54, 1.807) is 11.3 Å². The molecule has 19 heavy (non-hydrogen) atoms. The van der Waals surface area contributed by atoms with Gasteiger partial charge in [-0.3, -0.25) is 0 Å². The zero-order valence-electron chi connectivity index (χ0n) is 9.97. The van der Waals surface area contributed by atoms with Gasteiger partial charge in [-0.2, -0.15) is 0 Å². The molecule has 2 N–H and O–H groups in total. The molecule has 0 aliphatic heterocycles. The lowest BCUT2D eigenvalue weighted by molar-refractivity contribution is 0.306. The van der Waals surface area contributed by atoms with Gasteiger partial charge in [0.1, 0.15) is 17.4 Å². The molecule has 3 nitrogen and oxygen atoms in total. The van der Waals surface area contributed by atoms with E-state index in [0.717, 1.165) is 25.4 Å². The number of halogens is 1. The van der Waals surface area contributed by atoms with Gasteiger partial charge in [-0.25, -0.2) is 4.98 Å². The van der Waals surface area contributed by atoms with Crippen molar-refractivity contribution < 1.29 is 4.74 Å².